The zero-order valence-corrected chi connectivity index (χ0v) is 15.1. The Balaban J connectivity index is 2.16. The van der Waals surface area contributed by atoms with Crippen LogP contribution in [0.2, 0.25) is 0 Å². The van der Waals surface area contributed by atoms with Gasteiger partial charge in [0.05, 0.1) is 5.56 Å². The Morgan fingerprint density at radius 1 is 1.42 bits per heavy atom. The maximum Gasteiger partial charge on any atom is 0.254 e. The van der Waals surface area contributed by atoms with Crippen LogP contribution < -0.4 is 0 Å². The van der Waals surface area contributed by atoms with E-state index in [0.717, 1.165) is 32.4 Å². The van der Waals surface area contributed by atoms with Crippen molar-refractivity contribution >= 4 is 44.4 Å². The van der Waals surface area contributed by atoms with Crippen LogP contribution in [-0.4, -0.2) is 23.9 Å². The van der Waals surface area contributed by atoms with Crippen molar-refractivity contribution in [1.82, 2.24) is 4.90 Å². The Bertz CT molecular complexity index is 477. The van der Waals surface area contributed by atoms with Gasteiger partial charge in [0.15, 0.2) is 0 Å². The molecule has 1 aliphatic rings. The molecule has 0 heterocycles. The molecule has 1 fully saturated rings. The summed E-state index contributed by atoms with van der Waals surface area (Å²) in [7, 11) is 1.95. The predicted molar refractivity (Wildman–Crippen MR) is 90.4 cm³/mol. The van der Waals surface area contributed by atoms with Crippen molar-refractivity contribution in [2.24, 2.45) is 5.92 Å². The third kappa shape index (κ3) is 3.72. The van der Waals surface area contributed by atoms with Crippen molar-refractivity contribution in [1.29, 1.82) is 0 Å². The van der Waals surface area contributed by atoms with E-state index in [1.54, 1.807) is 0 Å². The topological polar surface area (TPSA) is 20.3 Å². The normalized spacial score (nSPS) is 23.2. The number of amides is 1. The number of benzene rings is 1. The molecule has 0 aromatic heterocycles. The van der Waals surface area contributed by atoms with Gasteiger partial charge in [-0.3, -0.25) is 4.79 Å². The van der Waals surface area contributed by atoms with E-state index in [0.29, 0.717) is 6.04 Å². The zero-order valence-electron chi connectivity index (χ0n) is 11.3. The third-order valence-corrected chi connectivity index (χ3v) is 5.37. The Kier molecular flexibility index (Phi) is 5.29. The van der Waals surface area contributed by atoms with E-state index in [9.17, 15) is 4.79 Å². The van der Waals surface area contributed by atoms with Crippen molar-refractivity contribution < 1.29 is 4.79 Å². The lowest BCUT2D eigenvalue weighted by atomic mass is 9.86. The predicted octanol–water partition coefficient (Wildman–Crippen LogP) is 4.70. The summed E-state index contributed by atoms with van der Waals surface area (Å²) < 4.78 is 1.98. The minimum Gasteiger partial charge on any atom is -0.339 e. The maximum absolute atomic E-state index is 12.6. The molecule has 1 aromatic carbocycles. The van der Waals surface area contributed by atoms with Crippen molar-refractivity contribution in [3.8, 4) is 0 Å². The molecule has 19 heavy (non-hydrogen) atoms. The number of rotatable bonds is 2. The van der Waals surface area contributed by atoms with Crippen LogP contribution in [0.1, 0.15) is 43.0 Å². The zero-order chi connectivity index (χ0) is 14.0. The molecule has 0 bridgehead atoms. The average molecular weight is 436 g/mol. The van der Waals surface area contributed by atoms with Crippen LogP contribution in [0.4, 0.5) is 0 Å². The number of hydrogen-bond donors (Lipinski definition) is 0. The third-order valence-electron chi connectivity index (χ3n) is 3.94. The summed E-state index contributed by atoms with van der Waals surface area (Å²) in [6, 6.07) is 6.27. The van der Waals surface area contributed by atoms with E-state index in [4.69, 9.17) is 0 Å². The molecule has 0 aliphatic heterocycles. The number of nitrogens with zero attached hydrogens (tertiary/aromatic N) is 1. The van der Waals surface area contributed by atoms with Crippen molar-refractivity contribution in [3.05, 3.63) is 31.8 Å². The highest BCUT2D eigenvalue weighted by atomic mass is 127. The summed E-state index contributed by atoms with van der Waals surface area (Å²) in [5.74, 6) is 0.875. The second-order valence-electron chi connectivity index (χ2n) is 5.47. The summed E-state index contributed by atoms with van der Waals surface area (Å²) >= 11 is 5.68. The molecule has 0 radical (unpaired) electrons. The Morgan fingerprint density at radius 2 is 2.16 bits per heavy atom. The van der Waals surface area contributed by atoms with Gasteiger partial charge in [0, 0.05) is 21.1 Å². The van der Waals surface area contributed by atoms with Gasteiger partial charge < -0.3 is 4.90 Å². The van der Waals surface area contributed by atoms with E-state index in [1.165, 1.54) is 12.8 Å². The molecule has 0 saturated heterocycles. The van der Waals surface area contributed by atoms with Crippen LogP contribution in [0.15, 0.2) is 22.7 Å². The van der Waals surface area contributed by atoms with Gasteiger partial charge in [-0.15, -0.1) is 0 Å². The molecule has 2 unspecified atom stereocenters. The average Bonchev–Trinajstić information content (AvgIpc) is 2.40. The summed E-state index contributed by atoms with van der Waals surface area (Å²) in [6.07, 6.45) is 4.80. The Labute approximate surface area is 137 Å². The highest BCUT2D eigenvalue weighted by molar-refractivity contribution is 14.1. The SMILES string of the molecule is CC1CCCC(N(C)C(=O)c2cc(Br)ccc2I)C1. The fourth-order valence-electron chi connectivity index (χ4n) is 2.77. The molecule has 2 atom stereocenters. The van der Waals surface area contributed by atoms with E-state index in [2.05, 4.69) is 45.4 Å². The van der Waals surface area contributed by atoms with Crippen LogP contribution >= 0.6 is 38.5 Å². The fourth-order valence-corrected chi connectivity index (χ4v) is 3.70. The second-order valence-corrected chi connectivity index (χ2v) is 7.54. The first-order chi connectivity index (χ1) is 8.99. The van der Waals surface area contributed by atoms with Gasteiger partial charge in [0.2, 0.25) is 0 Å². The molecule has 2 nitrogen and oxygen atoms in total. The number of carbonyl (C=O) groups excluding carboxylic acids is 1. The lowest BCUT2D eigenvalue weighted by Gasteiger charge is -2.34. The largest absolute Gasteiger partial charge is 0.339 e. The van der Waals surface area contributed by atoms with Gasteiger partial charge in [0.1, 0.15) is 0 Å². The van der Waals surface area contributed by atoms with E-state index in [-0.39, 0.29) is 5.91 Å². The molecule has 1 amide bonds. The lowest BCUT2D eigenvalue weighted by Crippen LogP contribution is -2.40. The standard InChI is InChI=1S/C15H19BrINO/c1-10-4-3-5-12(8-10)18(2)15(19)13-9-11(16)6-7-14(13)17/h6-7,9-10,12H,3-5,8H2,1-2H3. The van der Waals surface area contributed by atoms with Gasteiger partial charge in [-0.1, -0.05) is 35.7 Å². The number of hydrogen-bond acceptors (Lipinski definition) is 1. The monoisotopic (exact) mass is 435 g/mol. The van der Waals surface area contributed by atoms with Crippen LogP contribution in [0, 0.1) is 9.49 Å². The molecule has 1 aromatic rings. The van der Waals surface area contributed by atoms with E-state index in [1.807, 2.05) is 30.1 Å². The first kappa shape index (κ1) is 15.3. The minimum absolute atomic E-state index is 0.143. The molecule has 0 spiro atoms. The molecule has 1 aliphatic carbocycles. The molecule has 104 valence electrons. The highest BCUT2D eigenvalue weighted by Gasteiger charge is 2.26. The van der Waals surface area contributed by atoms with Crippen LogP contribution in [0.5, 0.6) is 0 Å². The molecule has 4 heteroatoms. The molecule has 0 N–H and O–H groups in total. The summed E-state index contributed by atoms with van der Waals surface area (Å²) in [4.78, 5) is 14.6. The van der Waals surface area contributed by atoms with Crippen LogP contribution in [-0.2, 0) is 0 Å². The smallest absolute Gasteiger partial charge is 0.254 e. The molecule has 2 rings (SSSR count). The Hall–Kier alpha value is -0.100. The van der Waals surface area contributed by atoms with Gasteiger partial charge in [-0.25, -0.2) is 0 Å². The molecule has 1 saturated carbocycles. The highest BCUT2D eigenvalue weighted by Crippen LogP contribution is 2.28. The van der Waals surface area contributed by atoms with Crippen molar-refractivity contribution in [2.75, 3.05) is 7.05 Å². The quantitative estimate of drug-likeness (QED) is 0.616. The Morgan fingerprint density at radius 3 is 2.84 bits per heavy atom. The van der Waals surface area contributed by atoms with Crippen molar-refractivity contribution in [2.45, 2.75) is 38.6 Å². The van der Waals surface area contributed by atoms with E-state index >= 15 is 0 Å². The van der Waals surface area contributed by atoms with Gasteiger partial charge in [-0.2, -0.15) is 0 Å². The van der Waals surface area contributed by atoms with Gasteiger partial charge in [-0.05, 0) is 59.5 Å². The van der Waals surface area contributed by atoms with E-state index < -0.39 is 0 Å². The second kappa shape index (κ2) is 6.57. The van der Waals surface area contributed by atoms with Gasteiger partial charge >= 0.3 is 0 Å². The minimum atomic E-state index is 0.143. The number of halogens is 2. The summed E-state index contributed by atoms with van der Waals surface area (Å²) in [6.45, 7) is 2.29. The number of carbonyl (C=O) groups is 1. The summed E-state index contributed by atoms with van der Waals surface area (Å²) in [5.41, 5.74) is 0.802. The molecular formula is C15H19BrINO. The first-order valence-electron chi connectivity index (χ1n) is 6.71. The summed E-state index contributed by atoms with van der Waals surface area (Å²) in [5, 5.41) is 0. The van der Waals surface area contributed by atoms with Crippen LogP contribution in [0.3, 0.4) is 0 Å². The fraction of sp³-hybridized carbons (Fsp3) is 0.533. The van der Waals surface area contributed by atoms with Gasteiger partial charge in [0.25, 0.3) is 5.91 Å². The maximum atomic E-state index is 12.6. The molecular weight excluding hydrogens is 417 g/mol. The van der Waals surface area contributed by atoms with Crippen LogP contribution in [0.25, 0.3) is 0 Å². The first-order valence-corrected chi connectivity index (χ1v) is 8.58. The van der Waals surface area contributed by atoms with Crippen molar-refractivity contribution in [3.63, 3.8) is 0 Å². The lowest BCUT2D eigenvalue weighted by molar-refractivity contribution is 0.0671.